The van der Waals surface area contributed by atoms with Gasteiger partial charge in [-0.05, 0) is 47.0 Å². The highest BCUT2D eigenvalue weighted by molar-refractivity contribution is 5.94. The smallest absolute Gasteiger partial charge is 0.276 e. The van der Waals surface area contributed by atoms with E-state index in [1.54, 1.807) is 7.11 Å². The second-order valence-corrected chi connectivity index (χ2v) is 7.61. The van der Waals surface area contributed by atoms with Gasteiger partial charge < -0.3 is 18.7 Å². The van der Waals surface area contributed by atoms with E-state index in [2.05, 4.69) is 35.5 Å². The zero-order valence-corrected chi connectivity index (χ0v) is 17.0. The normalized spacial score (nSPS) is 17.3. The molecule has 1 atom stereocenters. The van der Waals surface area contributed by atoms with Crippen molar-refractivity contribution in [2.45, 2.75) is 72.1 Å². The molecule has 0 aliphatic carbocycles. The molecule has 0 radical (unpaired) electrons. The molecule has 0 saturated carbocycles. The molecule has 2 aromatic heterocycles. The van der Waals surface area contributed by atoms with Gasteiger partial charge in [0.1, 0.15) is 11.6 Å². The number of hydrogen-bond donors (Lipinski definition) is 0. The summed E-state index contributed by atoms with van der Waals surface area (Å²) in [4.78, 5) is 19.6. The topological polar surface area (TPSA) is 73.4 Å². The molecule has 0 spiro atoms. The Morgan fingerprint density at radius 1 is 1.41 bits per heavy atom. The number of ether oxygens (including phenoxy) is 1. The molecule has 0 N–H and O–H groups in total. The summed E-state index contributed by atoms with van der Waals surface area (Å²) in [5.74, 6) is 1.69. The summed E-state index contributed by atoms with van der Waals surface area (Å²) < 4.78 is 12.7. The maximum atomic E-state index is 13.1. The molecule has 1 saturated heterocycles. The van der Waals surface area contributed by atoms with Crippen molar-refractivity contribution in [1.29, 1.82) is 0 Å². The summed E-state index contributed by atoms with van der Waals surface area (Å²) in [7, 11) is 1.61. The molecule has 3 heterocycles. The van der Waals surface area contributed by atoms with E-state index in [0.29, 0.717) is 24.1 Å². The lowest BCUT2D eigenvalue weighted by atomic mass is 10.1. The zero-order chi connectivity index (χ0) is 19.6. The summed E-state index contributed by atoms with van der Waals surface area (Å²) in [5.41, 5.74) is 2.32. The Morgan fingerprint density at radius 3 is 2.89 bits per heavy atom. The minimum atomic E-state index is -0.0511. The van der Waals surface area contributed by atoms with E-state index in [0.717, 1.165) is 43.6 Å². The van der Waals surface area contributed by atoms with Crippen LogP contribution in [0, 0.1) is 13.8 Å². The fraction of sp³-hybridized carbons (Fsp3) is 0.650. The number of nitrogens with zero attached hydrogens (tertiary/aromatic N) is 4. The van der Waals surface area contributed by atoms with E-state index in [9.17, 15) is 4.79 Å². The van der Waals surface area contributed by atoms with Gasteiger partial charge in [0.05, 0.1) is 12.2 Å². The Balaban J connectivity index is 1.72. The van der Waals surface area contributed by atoms with E-state index < -0.39 is 0 Å². The second-order valence-electron chi connectivity index (χ2n) is 7.61. The highest BCUT2D eigenvalue weighted by atomic mass is 16.5. The molecule has 3 rings (SSSR count). The maximum Gasteiger partial charge on any atom is 0.276 e. The van der Waals surface area contributed by atoms with Crippen LogP contribution >= 0.6 is 0 Å². The Labute approximate surface area is 160 Å². The molecule has 7 nitrogen and oxygen atoms in total. The lowest BCUT2D eigenvalue weighted by Gasteiger charge is -2.24. The Hall–Kier alpha value is -2.15. The fourth-order valence-corrected chi connectivity index (χ4v) is 4.09. The quantitative estimate of drug-likeness (QED) is 0.742. The van der Waals surface area contributed by atoms with Gasteiger partial charge in [0.2, 0.25) is 0 Å². The molecule has 1 unspecified atom stereocenters. The minimum Gasteiger partial charge on any atom is -0.380 e. The van der Waals surface area contributed by atoms with Gasteiger partial charge in [0, 0.05) is 44.0 Å². The molecule has 7 heteroatoms. The summed E-state index contributed by atoms with van der Waals surface area (Å²) >= 11 is 0. The van der Waals surface area contributed by atoms with Crippen molar-refractivity contribution in [2.24, 2.45) is 0 Å². The number of aryl methyl sites for hydroxylation is 3. The van der Waals surface area contributed by atoms with E-state index in [1.807, 2.05) is 18.0 Å². The first-order chi connectivity index (χ1) is 12.9. The Morgan fingerprint density at radius 2 is 2.19 bits per heavy atom. The monoisotopic (exact) mass is 374 g/mol. The van der Waals surface area contributed by atoms with Crippen LogP contribution in [-0.4, -0.2) is 45.2 Å². The minimum absolute atomic E-state index is 0.0511. The van der Waals surface area contributed by atoms with Crippen molar-refractivity contribution in [2.75, 3.05) is 13.7 Å². The third kappa shape index (κ3) is 3.93. The van der Waals surface area contributed by atoms with Crippen LogP contribution in [0.3, 0.4) is 0 Å². The Kier molecular flexibility index (Phi) is 5.99. The van der Waals surface area contributed by atoms with Crippen molar-refractivity contribution < 1.29 is 14.1 Å². The first-order valence-electron chi connectivity index (χ1n) is 9.71. The fourth-order valence-electron chi connectivity index (χ4n) is 4.09. The van der Waals surface area contributed by atoms with Crippen LogP contribution < -0.4 is 0 Å². The van der Waals surface area contributed by atoms with Crippen molar-refractivity contribution >= 4 is 5.91 Å². The third-order valence-corrected chi connectivity index (χ3v) is 5.39. The number of rotatable bonds is 7. The molecule has 1 aliphatic rings. The van der Waals surface area contributed by atoms with E-state index in [1.165, 1.54) is 5.69 Å². The van der Waals surface area contributed by atoms with Gasteiger partial charge in [-0.1, -0.05) is 5.16 Å². The number of carbonyl (C=O) groups excluding carboxylic acids is 1. The zero-order valence-electron chi connectivity index (χ0n) is 17.0. The molecular formula is C20H30N4O3. The number of amides is 1. The molecule has 2 aromatic rings. The molecule has 148 valence electrons. The number of hydrogen-bond acceptors (Lipinski definition) is 5. The Bertz CT molecular complexity index is 793. The first-order valence-corrected chi connectivity index (χ1v) is 9.71. The van der Waals surface area contributed by atoms with Crippen molar-refractivity contribution in [3.05, 3.63) is 34.7 Å². The molecule has 27 heavy (non-hydrogen) atoms. The summed E-state index contributed by atoms with van der Waals surface area (Å²) in [6.45, 7) is 9.35. The van der Waals surface area contributed by atoms with Crippen molar-refractivity contribution in [1.82, 2.24) is 19.6 Å². The van der Waals surface area contributed by atoms with Crippen molar-refractivity contribution in [3.63, 3.8) is 0 Å². The largest absolute Gasteiger partial charge is 0.380 e. The van der Waals surface area contributed by atoms with Crippen LogP contribution in [0.15, 0.2) is 10.7 Å². The van der Waals surface area contributed by atoms with Crippen LogP contribution in [0.5, 0.6) is 0 Å². The summed E-state index contributed by atoms with van der Waals surface area (Å²) in [6, 6.07) is 0.598. The predicted octanol–water partition coefficient (Wildman–Crippen LogP) is 3.45. The number of methoxy groups -OCH3 is 1. The molecular weight excluding hydrogens is 344 g/mol. The number of likely N-dealkylation sites (tertiary alicyclic amines) is 1. The van der Waals surface area contributed by atoms with E-state index >= 15 is 0 Å². The molecule has 1 aliphatic heterocycles. The predicted molar refractivity (Wildman–Crippen MR) is 102 cm³/mol. The lowest BCUT2D eigenvalue weighted by Crippen LogP contribution is -2.36. The molecule has 0 aromatic carbocycles. The molecule has 0 bridgehead atoms. The van der Waals surface area contributed by atoms with Gasteiger partial charge in [0.15, 0.2) is 5.69 Å². The average Bonchev–Trinajstić information content (AvgIpc) is 3.32. The van der Waals surface area contributed by atoms with Gasteiger partial charge in [-0.2, -0.15) is 0 Å². The molecule has 1 fully saturated rings. The summed E-state index contributed by atoms with van der Waals surface area (Å²) in [5, 5.41) is 4.01. The van der Waals surface area contributed by atoms with Crippen LogP contribution in [0.25, 0.3) is 0 Å². The average molecular weight is 374 g/mol. The number of aromatic nitrogens is 3. The third-order valence-electron chi connectivity index (χ3n) is 5.39. The second kappa shape index (κ2) is 8.25. The van der Waals surface area contributed by atoms with Crippen LogP contribution in [0.4, 0.5) is 0 Å². The first kappa shape index (κ1) is 19.6. The van der Waals surface area contributed by atoms with Crippen molar-refractivity contribution in [3.8, 4) is 0 Å². The van der Waals surface area contributed by atoms with E-state index in [4.69, 9.17) is 9.26 Å². The van der Waals surface area contributed by atoms with Gasteiger partial charge >= 0.3 is 0 Å². The standard InChI is InChI=1S/C20H30N4O3/c1-13(2)24-14(3)11-21-18(24)9-8-16-7-6-10-23(16)20(25)19-17(12-26-5)15(4)27-22-19/h11,13,16H,6-10,12H2,1-5H3. The van der Waals surface area contributed by atoms with Gasteiger partial charge in [-0.25, -0.2) is 4.98 Å². The number of carbonyl (C=O) groups is 1. The highest BCUT2D eigenvalue weighted by Crippen LogP contribution is 2.26. The van der Waals surface area contributed by atoms with Crippen LogP contribution in [-0.2, 0) is 17.8 Å². The summed E-state index contributed by atoms with van der Waals surface area (Å²) in [6.07, 6.45) is 5.74. The number of imidazole rings is 1. The van der Waals surface area contributed by atoms with Gasteiger partial charge in [0.25, 0.3) is 5.91 Å². The van der Waals surface area contributed by atoms with Crippen LogP contribution in [0.2, 0.25) is 0 Å². The van der Waals surface area contributed by atoms with Gasteiger partial charge in [-0.3, -0.25) is 4.79 Å². The maximum absolute atomic E-state index is 13.1. The SMILES string of the molecule is COCc1c(C(=O)N2CCCC2CCc2ncc(C)n2C(C)C)noc1C. The lowest BCUT2D eigenvalue weighted by molar-refractivity contribution is 0.0715. The van der Waals surface area contributed by atoms with E-state index in [-0.39, 0.29) is 11.9 Å². The molecule has 1 amide bonds. The van der Waals surface area contributed by atoms with Gasteiger partial charge in [-0.15, -0.1) is 0 Å². The van der Waals surface area contributed by atoms with Crippen LogP contribution in [0.1, 0.15) is 72.5 Å². The highest BCUT2D eigenvalue weighted by Gasteiger charge is 2.33.